The first-order chi connectivity index (χ1) is 22.0. The van der Waals surface area contributed by atoms with Gasteiger partial charge in [0.05, 0.1) is 30.3 Å². The predicted molar refractivity (Wildman–Crippen MR) is 182 cm³/mol. The average molecular weight is 609 g/mol. The maximum absolute atomic E-state index is 6.37. The minimum Gasteiger partial charge on any atom is -0.462 e. The van der Waals surface area contributed by atoms with Crippen LogP contribution in [0.4, 0.5) is 11.5 Å². The summed E-state index contributed by atoms with van der Waals surface area (Å²) in [7, 11) is 4.37. The number of likely N-dealkylation sites (tertiary alicyclic amines) is 2. The van der Waals surface area contributed by atoms with Crippen LogP contribution in [0.15, 0.2) is 46.4 Å². The van der Waals surface area contributed by atoms with Crippen molar-refractivity contribution < 1.29 is 4.74 Å². The molecule has 0 amide bonds. The molecule has 0 radical (unpaired) electrons. The van der Waals surface area contributed by atoms with Crippen molar-refractivity contribution >= 4 is 28.3 Å². The Bertz CT molecular complexity index is 1550. The smallest absolute Gasteiger partial charge is 0.318 e. The Morgan fingerprint density at radius 2 is 1.58 bits per heavy atom. The first-order valence-electron chi connectivity index (χ1n) is 17.1. The molecule has 5 heterocycles. The molecule has 238 valence electrons. The zero-order valence-electron chi connectivity index (χ0n) is 27.3. The van der Waals surface area contributed by atoms with Gasteiger partial charge in [-0.25, -0.2) is 9.98 Å². The van der Waals surface area contributed by atoms with Crippen LogP contribution < -0.4 is 14.5 Å². The molecule has 3 aromatic rings. The van der Waals surface area contributed by atoms with E-state index in [0.29, 0.717) is 24.7 Å². The number of hydrogen-bond donors (Lipinski definition) is 0. The Morgan fingerprint density at radius 3 is 2.31 bits per heavy atom. The van der Waals surface area contributed by atoms with Crippen molar-refractivity contribution in [2.24, 2.45) is 9.98 Å². The van der Waals surface area contributed by atoms with Crippen molar-refractivity contribution in [1.29, 1.82) is 0 Å². The van der Waals surface area contributed by atoms with E-state index in [2.05, 4.69) is 88.0 Å². The number of piperidine rings is 2. The second-order valence-corrected chi connectivity index (χ2v) is 13.6. The molecular weight excluding hydrogens is 560 g/mol. The van der Waals surface area contributed by atoms with E-state index in [9.17, 15) is 0 Å². The van der Waals surface area contributed by atoms with Crippen LogP contribution in [0.25, 0.3) is 10.8 Å². The van der Waals surface area contributed by atoms with Crippen LogP contribution in [0.1, 0.15) is 55.3 Å². The number of likely N-dealkylation sites (N-methyl/N-ethyl adjacent to an activating group) is 1. The van der Waals surface area contributed by atoms with E-state index in [1.54, 1.807) is 0 Å². The van der Waals surface area contributed by atoms with Crippen LogP contribution in [-0.2, 0) is 13.0 Å². The summed E-state index contributed by atoms with van der Waals surface area (Å²) in [6, 6.07) is 17.9. The molecule has 2 aromatic carbocycles. The summed E-state index contributed by atoms with van der Waals surface area (Å²) in [5, 5.41) is 2.62. The molecule has 9 nitrogen and oxygen atoms in total. The Kier molecular flexibility index (Phi) is 9.01. The molecular formula is C36H48N8O. The quantitative estimate of drug-likeness (QED) is 0.341. The minimum atomic E-state index is 0.271. The topological polar surface area (TPSA) is 72.7 Å². The third-order valence-electron chi connectivity index (χ3n) is 10.5. The number of hydrogen-bond acceptors (Lipinski definition) is 9. The van der Waals surface area contributed by atoms with Gasteiger partial charge < -0.3 is 24.3 Å². The van der Waals surface area contributed by atoms with Crippen LogP contribution >= 0.6 is 0 Å². The molecule has 4 aliphatic heterocycles. The van der Waals surface area contributed by atoms with Crippen molar-refractivity contribution in [2.45, 2.75) is 76.5 Å². The fraction of sp³-hybridized carbons (Fsp3) is 0.583. The van der Waals surface area contributed by atoms with Gasteiger partial charge in [-0.3, -0.25) is 0 Å². The molecule has 0 N–H and O–H groups in total. The summed E-state index contributed by atoms with van der Waals surface area (Å²) < 4.78 is 6.37. The lowest BCUT2D eigenvalue weighted by Crippen LogP contribution is -2.39. The number of fused-ring (bicyclic) bond motifs is 2. The van der Waals surface area contributed by atoms with Crippen molar-refractivity contribution in [3.8, 4) is 6.01 Å². The van der Waals surface area contributed by atoms with Gasteiger partial charge >= 0.3 is 6.01 Å². The summed E-state index contributed by atoms with van der Waals surface area (Å²) >= 11 is 0. The van der Waals surface area contributed by atoms with Crippen LogP contribution in [-0.4, -0.2) is 104 Å². The lowest BCUT2D eigenvalue weighted by molar-refractivity contribution is 0.187. The van der Waals surface area contributed by atoms with Gasteiger partial charge in [0, 0.05) is 42.3 Å². The zero-order valence-corrected chi connectivity index (χ0v) is 27.3. The normalized spacial score (nSPS) is 22.0. The summed E-state index contributed by atoms with van der Waals surface area (Å²) in [4.78, 5) is 29.3. The fourth-order valence-electron chi connectivity index (χ4n) is 7.58. The predicted octanol–water partition coefficient (Wildman–Crippen LogP) is 5.21. The molecule has 9 heteroatoms. The van der Waals surface area contributed by atoms with Gasteiger partial charge in [-0.1, -0.05) is 30.3 Å². The molecule has 0 spiro atoms. The molecule has 3 saturated heterocycles. The van der Waals surface area contributed by atoms with Gasteiger partial charge in [-0.15, -0.1) is 0 Å². The number of aryl methyl sites for hydroxylation is 1. The Morgan fingerprint density at radius 1 is 0.844 bits per heavy atom. The summed E-state index contributed by atoms with van der Waals surface area (Å²) in [6.45, 7) is 9.74. The second-order valence-electron chi connectivity index (χ2n) is 13.6. The monoisotopic (exact) mass is 608 g/mol. The second kappa shape index (κ2) is 13.5. The number of aromatic nitrogens is 2. The number of ether oxygens (including phenoxy) is 1. The van der Waals surface area contributed by atoms with Crippen molar-refractivity contribution in [2.75, 3.05) is 69.8 Å². The van der Waals surface area contributed by atoms with Crippen LogP contribution in [0.2, 0.25) is 0 Å². The van der Waals surface area contributed by atoms with Crippen molar-refractivity contribution in [1.82, 2.24) is 19.8 Å². The van der Waals surface area contributed by atoms with E-state index in [4.69, 9.17) is 19.7 Å². The average Bonchev–Trinajstić information content (AvgIpc) is 3.48. The molecule has 3 fully saturated rings. The highest BCUT2D eigenvalue weighted by molar-refractivity contribution is 5.97. The summed E-state index contributed by atoms with van der Waals surface area (Å²) in [5.74, 6) is 1.06. The van der Waals surface area contributed by atoms with E-state index in [-0.39, 0.29) is 6.04 Å². The van der Waals surface area contributed by atoms with Gasteiger partial charge in [0.1, 0.15) is 12.4 Å². The Hall–Kier alpha value is -3.52. The van der Waals surface area contributed by atoms with Crippen molar-refractivity contribution in [3.63, 3.8) is 0 Å². The SMILES string of the molecule is Cc1cccc2cccc(N3CCc4c(nc(OC[C@@H]5CCCN5C)nc4N4CCC(N=C=NC5CCN(C)CC5)CC4)C3)c12. The first-order valence-corrected chi connectivity index (χ1v) is 17.1. The molecule has 0 unspecified atom stereocenters. The van der Waals surface area contributed by atoms with E-state index in [1.807, 2.05) is 0 Å². The molecule has 0 aliphatic carbocycles. The highest BCUT2D eigenvalue weighted by Crippen LogP contribution is 2.36. The van der Waals surface area contributed by atoms with Crippen LogP contribution in [0, 0.1) is 6.92 Å². The highest BCUT2D eigenvalue weighted by atomic mass is 16.5. The Labute approximate surface area is 268 Å². The maximum Gasteiger partial charge on any atom is 0.318 e. The standard InChI is InChI=1S/C36H48N8O/c1-26-7-4-8-27-9-5-11-33(34(26)27)44-22-16-31-32(23-44)39-36(45-24-30-10-6-17-42(30)3)40-35(31)43-20-14-29(15-21-43)38-25-37-28-12-18-41(2)19-13-28/h4-5,7-9,11,28-30H,6,10,12-24H2,1-3H3/t30-/m0/s1. The fourth-order valence-corrected chi connectivity index (χ4v) is 7.58. The van der Waals surface area contributed by atoms with Gasteiger partial charge in [0.25, 0.3) is 0 Å². The van der Waals surface area contributed by atoms with E-state index >= 15 is 0 Å². The van der Waals surface area contributed by atoms with Crippen LogP contribution in [0.3, 0.4) is 0 Å². The van der Waals surface area contributed by atoms with Gasteiger partial charge in [-0.05, 0) is 103 Å². The lowest BCUT2D eigenvalue weighted by Gasteiger charge is -2.36. The molecule has 4 aliphatic rings. The van der Waals surface area contributed by atoms with Crippen molar-refractivity contribution in [3.05, 3.63) is 53.2 Å². The molecule has 1 atom stereocenters. The number of benzene rings is 2. The van der Waals surface area contributed by atoms with Crippen LogP contribution in [0.5, 0.6) is 6.01 Å². The lowest BCUT2D eigenvalue weighted by atomic mass is 9.99. The third-order valence-corrected chi connectivity index (χ3v) is 10.5. The largest absolute Gasteiger partial charge is 0.462 e. The molecule has 0 bridgehead atoms. The van der Waals surface area contributed by atoms with E-state index < -0.39 is 0 Å². The number of nitrogens with zero attached hydrogens (tertiary/aromatic N) is 8. The number of aliphatic imine (C=N–C) groups is 2. The molecule has 1 aromatic heterocycles. The van der Waals surface area contributed by atoms with Gasteiger partial charge in [-0.2, -0.15) is 9.97 Å². The molecule has 45 heavy (non-hydrogen) atoms. The van der Waals surface area contributed by atoms with E-state index in [0.717, 1.165) is 95.9 Å². The first kappa shape index (κ1) is 30.2. The third kappa shape index (κ3) is 6.71. The highest BCUT2D eigenvalue weighted by Gasteiger charge is 2.30. The van der Waals surface area contributed by atoms with E-state index in [1.165, 1.54) is 34.0 Å². The molecule has 0 saturated carbocycles. The van der Waals surface area contributed by atoms with Gasteiger partial charge in [0.15, 0.2) is 0 Å². The molecule has 7 rings (SSSR count). The number of rotatable bonds is 7. The summed E-state index contributed by atoms with van der Waals surface area (Å²) in [5.41, 5.74) is 4.97. The maximum atomic E-state index is 6.37. The summed E-state index contributed by atoms with van der Waals surface area (Å²) in [6.07, 6.45) is 7.49. The Balaban J connectivity index is 1.11. The minimum absolute atomic E-state index is 0.271. The zero-order chi connectivity index (χ0) is 30.8. The van der Waals surface area contributed by atoms with Gasteiger partial charge in [0.2, 0.25) is 0 Å². The number of anilines is 2.